The van der Waals surface area contributed by atoms with Crippen molar-refractivity contribution in [2.24, 2.45) is 17.8 Å². The zero-order valence-corrected chi connectivity index (χ0v) is 7.63. The molecule has 1 saturated heterocycles. The van der Waals surface area contributed by atoms with Gasteiger partial charge in [-0.15, -0.1) is 0 Å². The van der Waals surface area contributed by atoms with Crippen molar-refractivity contribution >= 4 is 5.97 Å². The van der Waals surface area contributed by atoms with Crippen molar-refractivity contribution in [3.63, 3.8) is 0 Å². The van der Waals surface area contributed by atoms with Crippen LogP contribution in [-0.2, 0) is 9.53 Å². The molecular weight excluding hydrogens is 140 g/mol. The Balaban J connectivity index is 2.67. The summed E-state index contributed by atoms with van der Waals surface area (Å²) in [4.78, 5) is 11.1. The van der Waals surface area contributed by atoms with Gasteiger partial charge in [0.05, 0.1) is 5.92 Å². The van der Waals surface area contributed by atoms with E-state index in [4.69, 9.17) is 4.74 Å². The number of cyclic esters (lactones) is 1. The lowest BCUT2D eigenvalue weighted by molar-refractivity contribution is -0.145. The smallest absolute Gasteiger partial charge is 0.309 e. The highest BCUT2D eigenvalue weighted by atomic mass is 16.6. The summed E-state index contributed by atoms with van der Waals surface area (Å²) in [5, 5.41) is 0. The fraction of sp³-hybridized carbons (Fsp3) is 0.889. The average Bonchev–Trinajstić information content (AvgIpc) is 2.17. The van der Waals surface area contributed by atoms with Crippen molar-refractivity contribution in [1.29, 1.82) is 0 Å². The van der Waals surface area contributed by atoms with E-state index in [0.717, 1.165) is 0 Å². The van der Waals surface area contributed by atoms with Gasteiger partial charge in [0.1, 0.15) is 6.10 Å². The first kappa shape index (κ1) is 8.57. The van der Waals surface area contributed by atoms with E-state index in [9.17, 15) is 4.79 Å². The lowest BCUT2D eigenvalue weighted by Gasteiger charge is -2.18. The van der Waals surface area contributed by atoms with E-state index in [1.807, 2.05) is 6.92 Å². The molecule has 0 amide bonds. The Hall–Kier alpha value is -0.530. The number of rotatable bonds is 1. The molecule has 1 aliphatic rings. The molecule has 0 aromatic rings. The van der Waals surface area contributed by atoms with Crippen LogP contribution in [0.2, 0.25) is 0 Å². The van der Waals surface area contributed by atoms with Gasteiger partial charge in [-0.3, -0.25) is 4.79 Å². The van der Waals surface area contributed by atoms with Crippen molar-refractivity contribution in [3.8, 4) is 0 Å². The molecule has 1 rings (SSSR count). The van der Waals surface area contributed by atoms with E-state index < -0.39 is 0 Å². The maximum absolute atomic E-state index is 11.1. The standard InChI is InChI=1S/C9H16O2/c1-5(2)8-6(3)7(4)9(10)11-8/h5-8H,1-4H3/t6-,7+,8-/m1/s1. The number of esters is 1. The molecule has 64 valence electrons. The van der Waals surface area contributed by atoms with Crippen LogP contribution in [-0.4, -0.2) is 12.1 Å². The van der Waals surface area contributed by atoms with E-state index in [1.165, 1.54) is 0 Å². The van der Waals surface area contributed by atoms with Gasteiger partial charge in [-0.05, 0) is 5.92 Å². The molecule has 0 N–H and O–H groups in total. The Kier molecular flexibility index (Phi) is 2.21. The van der Waals surface area contributed by atoms with Gasteiger partial charge in [-0.1, -0.05) is 27.7 Å². The molecule has 0 unspecified atom stereocenters. The largest absolute Gasteiger partial charge is 0.462 e. The van der Waals surface area contributed by atoms with Crippen molar-refractivity contribution in [2.75, 3.05) is 0 Å². The van der Waals surface area contributed by atoms with E-state index >= 15 is 0 Å². The minimum Gasteiger partial charge on any atom is -0.462 e. The van der Waals surface area contributed by atoms with Gasteiger partial charge in [-0.2, -0.15) is 0 Å². The molecule has 1 aliphatic heterocycles. The van der Waals surface area contributed by atoms with Crippen LogP contribution in [0.4, 0.5) is 0 Å². The molecule has 2 nitrogen and oxygen atoms in total. The minimum absolute atomic E-state index is 0.0313. The van der Waals surface area contributed by atoms with Crippen LogP contribution in [0.3, 0.4) is 0 Å². The number of hydrogen-bond donors (Lipinski definition) is 0. The molecule has 1 fully saturated rings. The summed E-state index contributed by atoms with van der Waals surface area (Å²) in [7, 11) is 0. The summed E-state index contributed by atoms with van der Waals surface area (Å²) in [5.41, 5.74) is 0. The SMILES string of the molecule is CC(C)[C@H]1OC(=O)[C@@H](C)[C@H]1C. The summed E-state index contributed by atoms with van der Waals surface area (Å²) < 4.78 is 5.21. The van der Waals surface area contributed by atoms with Gasteiger partial charge in [0, 0.05) is 5.92 Å². The van der Waals surface area contributed by atoms with Crippen LogP contribution >= 0.6 is 0 Å². The quantitative estimate of drug-likeness (QED) is 0.541. The van der Waals surface area contributed by atoms with Crippen molar-refractivity contribution < 1.29 is 9.53 Å². The molecule has 11 heavy (non-hydrogen) atoms. The van der Waals surface area contributed by atoms with Gasteiger partial charge in [0.25, 0.3) is 0 Å². The van der Waals surface area contributed by atoms with Gasteiger partial charge in [-0.25, -0.2) is 0 Å². The summed E-state index contributed by atoms with van der Waals surface area (Å²) in [5.74, 6) is 0.875. The maximum Gasteiger partial charge on any atom is 0.309 e. The second kappa shape index (κ2) is 2.84. The molecule has 0 aromatic carbocycles. The number of carbonyl (C=O) groups is 1. The third-order valence-electron chi connectivity index (χ3n) is 2.59. The van der Waals surface area contributed by atoms with E-state index in [-0.39, 0.29) is 18.0 Å². The van der Waals surface area contributed by atoms with Crippen LogP contribution in [0.1, 0.15) is 27.7 Å². The number of ether oxygens (including phenoxy) is 1. The monoisotopic (exact) mass is 156 g/mol. The summed E-state index contributed by atoms with van der Waals surface area (Å²) >= 11 is 0. The Labute approximate surface area is 67.9 Å². The summed E-state index contributed by atoms with van der Waals surface area (Å²) in [6, 6.07) is 0. The highest BCUT2D eigenvalue weighted by Gasteiger charge is 2.39. The molecule has 3 atom stereocenters. The topological polar surface area (TPSA) is 26.3 Å². The first-order valence-corrected chi connectivity index (χ1v) is 4.24. The molecular formula is C9H16O2. The van der Waals surface area contributed by atoms with Gasteiger partial charge < -0.3 is 4.74 Å². The highest BCUT2D eigenvalue weighted by molar-refractivity contribution is 5.74. The fourth-order valence-corrected chi connectivity index (χ4v) is 1.59. The predicted octanol–water partition coefficient (Wildman–Crippen LogP) is 1.84. The first-order valence-electron chi connectivity index (χ1n) is 4.24. The molecule has 2 heteroatoms. The molecule has 0 bridgehead atoms. The van der Waals surface area contributed by atoms with Crippen LogP contribution in [0.5, 0.6) is 0 Å². The highest BCUT2D eigenvalue weighted by Crippen LogP contribution is 2.31. The molecule has 0 aromatic heterocycles. The van der Waals surface area contributed by atoms with Crippen molar-refractivity contribution in [2.45, 2.75) is 33.8 Å². The zero-order valence-electron chi connectivity index (χ0n) is 7.63. The van der Waals surface area contributed by atoms with E-state index in [2.05, 4.69) is 20.8 Å². The van der Waals surface area contributed by atoms with Crippen molar-refractivity contribution in [3.05, 3.63) is 0 Å². The second-order valence-corrected chi connectivity index (χ2v) is 3.79. The molecule has 0 saturated carbocycles. The zero-order chi connectivity index (χ0) is 8.59. The van der Waals surface area contributed by atoms with Crippen LogP contribution < -0.4 is 0 Å². The lowest BCUT2D eigenvalue weighted by Crippen LogP contribution is -2.21. The fourth-order valence-electron chi connectivity index (χ4n) is 1.59. The minimum atomic E-state index is -0.0313. The molecule has 0 radical (unpaired) electrons. The molecule has 0 aliphatic carbocycles. The Morgan fingerprint density at radius 2 is 1.91 bits per heavy atom. The van der Waals surface area contributed by atoms with Crippen LogP contribution in [0.15, 0.2) is 0 Å². The van der Waals surface area contributed by atoms with Gasteiger partial charge in [0.2, 0.25) is 0 Å². The molecule has 1 heterocycles. The van der Waals surface area contributed by atoms with E-state index in [0.29, 0.717) is 11.8 Å². The van der Waals surface area contributed by atoms with Crippen molar-refractivity contribution in [1.82, 2.24) is 0 Å². The lowest BCUT2D eigenvalue weighted by atomic mass is 9.88. The van der Waals surface area contributed by atoms with Crippen LogP contribution in [0.25, 0.3) is 0 Å². The Bertz CT molecular complexity index is 163. The normalized spacial score (nSPS) is 37.9. The maximum atomic E-state index is 11.1. The van der Waals surface area contributed by atoms with Gasteiger partial charge >= 0.3 is 5.97 Å². The number of hydrogen-bond acceptors (Lipinski definition) is 2. The molecule has 0 spiro atoms. The second-order valence-electron chi connectivity index (χ2n) is 3.79. The Morgan fingerprint density at radius 3 is 2.09 bits per heavy atom. The first-order chi connectivity index (χ1) is 5.04. The Morgan fingerprint density at radius 1 is 1.36 bits per heavy atom. The van der Waals surface area contributed by atoms with Gasteiger partial charge in [0.15, 0.2) is 0 Å². The van der Waals surface area contributed by atoms with E-state index in [1.54, 1.807) is 0 Å². The third kappa shape index (κ3) is 1.39. The van der Waals surface area contributed by atoms with Crippen LogP contribution in [0, 0.1) is 17.8 Å². The third-order valence-corrected chi connectivity index (χ3v) is 2.59. The summed E-state index contributed by atoms with van der Waals surface area (Å²) in [6.45, 7) is 8.20. The number of carbonyl (C=O) groups excluding carboxylic acids is 1. The average molecular weight is 156 g/mol. The summed E-state index contributed by atoms with van der Waals surface area (Å²) in [6.07, 6.45) is 0.137. The predicted molar refractivity (Wildman–Crippen MR) is 43.0 cm³/mol.